The van der Waals surface area contributed by atoms with Crippen LogP contribution in [-0.4, -0.2) is 15.7 Å². The van der Waals surface area contributed by atoms with E-state index in [0.29, 0.717) is 21.4 Å². The summed E-state index contributed by atoms with van der Waals surface area (Å²) in [5.74, 6) is 0.279. The quantitative estimate of drug-likeness (QED) is 0.745. The molecular weight excluding hydrogens is 333 g/mol. The first-order valence-electron chi connectivity index (χ1n) is 6.92. The second kappa shape index (κ2) is 6.44. The fourth-order valence-corrected chi connectivity index (χ4v) is 2.75. The number of para-hydroxylation sites is 1. The number of aryl methyl sites for hydroxylation is 1. The summed E-state index contributed by atoms with van der Waals surface area (Å²) in [4.78, 5) is 12.4. The molecular formula is C17H13Cl2N3O. The van der Waals surface area contributed by atoms with Crippen LogP contribution in [0.1, 0.15) is 16.1 Å². The van der Waals surface area contributed by atoms with E-state index in [9.17, 15) is 4.79 Å². The van der Waals surface area contributed by atoms with Gasteiger partial charge in [-0.2, -0.15) is 5.10 Å². The van der Waals surface area contributed by atoms with Crippen LogP contribution >= 0.6 is 23.2 Å². The summed E-state index contributed by atoms with van der Waals surface area (Å²) < 4.78 is 1.68. The molecule has 0 unspecified atom stereocenters. The lowest BCUT2D eigenvalue weighted by Crippen LogP contribution is -2.15. The van der Waals surface area contributed by atoms with Crippen LogP contribution < -0.4 is 5.32 Å². The van der Waals surface area contributed by atoms with E-state index < -0.39 is 0 Å². The molecule has 1 heterocycles. The minimum Gasteiger partial charge on any atom is -0.306 e. The van der Waals surface area contributed by atoms with E-state index in [2.05, 4.69) is 10.4 Å². The second-order valence-electron chi connectivity index (χ2n) is 5.03. The van der Waals surface area contributed by atoms with Crippen LogP contribution in [0, 0.1) is 6.92 Å². The summed E-state index contributed by atoms with van der Waals surface area (Å²) in [6.45, 7) is 1.87. The normalized spacial score (nSPS) is 10.6. The van der Waals surface area contributed by atoms with Crippen LogP contribution in [0.15, 0.2) is 54.6 Å². The third kappa shape index (κ3) is 3.55. The molecule has 23 heavy (non-hydrogen) atoms. The molecule has 0 atom stereocenters. The standard InChI is InChI=1S/C17H13Cl2N3O/c1-11-7-16(22(21-11)15-5-3-2-4-6-15)20-17(23)12-8-13(18)10-14(19)9-12/h2-10H,1H3,(H,20,23). The molecule has 116 valence electrons. The number of carbonyl (C=O) groups excluding carboxylic acids is 1. The van der Waals surface area contributed by atoms with Gasteiger partial charge in [-0.05, 0) is 37.3 Å². The molecule has 6 heteroatoms. The Morgan fingerprint density at radius 3 is 2.35 bits per heavy atom. The maximum Gasteiger partial charge on any atom is 0.256 e. The van der Waals surface area contributed by atoms with Crippen LogP contribution in [0.2, 0.25) is 10.0 Å². The zero-order chi connectivity index (χ0) is 16.4. The van der Waals surface area contributed by atoms with Crippen molar-refractivity contribution in [1.82, 2.24) is 9.78 Å². The summed E-state index contributed by atoms with van der Waals surface area (Å²) in [5.41, 5.74) is 2.05. The molecule has 0 bridgehead atoms. The molecule has 0 radical (unpaired) electrons. The Morgan fingerprint density at radius 1 is 1.04 bits per heavy atom. The van der Waals surface area contributed by atoms with Gasteiger partial charge in [-0.25, -0.2) is 4.68 Å². The maximum absolute atomic E-state index is 12.4. The SMILES string of the molecule is Cc1cc(NC(=O)c2cc(Cl)cc(Cl)c2)n(-c2ccccc2)n1. The Bertz CT molecular complexity index is 839. The van der Waals surface area contributed by atoms with Gasteiger partial charge in [0, 0.05) is 21.7 Å². The number of nitrogens with one attached hydrogen (secondary N) is 1. The van der Waals surface area contributed by atoms with Crippen molar-refractivity contribution in [3.63, 3.8) is 0 Å². The molecule has 0 aliphatic rings. The van der Waals surface area contributed by atoms with Gasteiger partial charge in [0.25, 0.3) is 5.91 Å². The van der Waals surface area contributed by atoms with Gasteiger partial charge in [0.1, 0.15) is 5.82 Å². The lowest BCUT2D eigenvalue weighted by atomic mass is 10.2. The molecule has 1 amide bonds. The lowest BCUT2D eigenvalue weighted by molar-refractivity contribution is 0.102. The lowest BCUT2D eigenvalue weighted by Gasteiger charge is -2.09. The summed E-state index contributed by atoms with van der Waals surface area (Å²) in [6.07, 6.45) is 0. The molecule has 1 aromatic heterocycles. The predicted octanol–water partition coefficient (Wildman–Crippen LogP) is 4.74. The van der Waals surface area contributed by atoms with E-state index in [1.165, 1.54) is 0 Å². The van der Waals surface area contributed by atoms with E-state index in [0.717, 1.165) is 11.4 Å². The molecule has 3 aromatic rings. The Kier molecular flexibility index (Phi) is 4.37. The largest absolute Gasteiger partial charge is 0.306 e. The number of benzene rings is 2. The van der Waals surface area contributed by atoms with Gasteiger partial charge in [0.05, 0.1) is 11.4 Å². The highest BCUT2D eigenvalue weighted by atomic mass is 35.5. The predicted molar refractivity (Wildman–Crippen MR) is 92.7 cm³/mol. The third-order valence-corrected chi connectivity index (χ3v) is 3.64. The number of rotatable bonds is 3. The zero-order valence-electron chi connectivity index (χ0n) is 12.3. The smallest absolute Gasteiger partial charge is 0.256 e. The van der Waals surface area contributed by atoms with Crippen LogP contribution in [0.25, 0.3) is 5.69 Å². The van der Waals surface area contributed by atoms with Crippen LogP contribution in [0.4, 0.5) is 5.82 Å². The number of amides is 1. The van der Waals surface area contributed by atoms with Gasteiger partial charge in [-0.1, -0.05) is 41.4 Å². The number of halogens is 2. The summed E-state index contributed by atoms with van der Waals surface area (Å²) >= 11 is 11.9. The van der Waals surface area contributed by atoms with Gasteiger partial charge in [0.2, 0.25) is 0 Å². The van der Waals surface area contributed by atoms with Crippen molar-refractivity contribution < 1.29 is 4.79 Å². The van der Waals surface area contributed by atoms with Crippen molar-refractivity contribution in [2.75, 3.05) is 5.32 Å². The number of aromatic nitrogens is 2. The van der Waals surface area contributed by atoms with Crippen molar-refractivity contribution in [3.05, 3.63) is 75.9 Å². The van der Waals surface area contributed by atoms with Crippen molar-refractivity contribution in [1.29, 1.82) is 0 Å². The topological polar surface area (TPSA) is 46.9 Å². The Balaban J connectivity index is 1.93. The Morgan fingerprint density at radius 2 is 1.70 bits per heavy atom. The van der Waals surface area contributed by atoms with Gasteiger partial charge in [-0.3, -0.25) is 4.79 Å². The maximum atomic E-state index is 12.4. The van der Waals surface area contributed by atoms with Crippen molar-refractivity contribution in [2.45, 2.75) is 6.92 Å². The molecule has 3 rings (SSSR count). The zero-order valence-corrected chi connectivity index (χ0v) is 13.8. The van der Waals surface area contributed by atoms with Crippen LogP contribution in [0.5, 0.6) is 0 Å². The number of hydrogen-bond donors (Lipinski definition) is 1. The minimum atomic E-state index is -0.300. The first-order chi connectivity index (χ1) is 11.0. The summed E-state index contributed by atoms with van der Waals surface area (Å²) in [7, 11) is 0. The molecule has 0 spiro atoms. The molecule has 4 nitrogen and oxygen atoms in total. The van der Waals surface area contributed by atoms with Crippen molar-refractivity contribution >= 4 is 34.9 Å². The van der Waals surface area contributed by atoms with Gasteiger partial charge >= 0.3 is 0 Å². The first kappa shape index (κ1) is 15.6. The minimum absolute atomic E-state index is 0.300. The van der Waals surface area contributed by atoms with Crippen molar-refractivity contribution in [2.24, 2.45) is 0 Å². The van der Waals surface area contributed by atoms with Crippen LogP contribution in [-0.2, 0) is 0 Å². The monoisotopic (exact) mass is 345 g/mol. The molecule has 0 saturated carbocycles. The average Bonchev–Trinajstić information content (AvgIpc) is 2.87. The Labute approximate surface area is 143 Å². The van der Waals surface area contributed by atoms with Gasteiger partial charge < -0.3 is 5.32 Å². The molecule has 0 aliphatic carbocycles. The summed E-state index contributed by atoms with van der Waals surface area (Å²) in [5, 5.41) is 8.08. The highest BCUT2D eigenvalue weighted by Gasteiger charge is 2.13. The molecule has 0 saturated heterocycles. The van der Waals surface area contributed by atoms with Gasteiger partial charge in [-0.15, -0.1) is 0 Å². The third-order valence-electron chi connectivity index (χ3n) is 3.20. The summed E-state index contributed by atoms with van der Waals surface area (Å²) in [6, 6.07) is 16.1. The van der Waals surface area contributed by atoms with Crippen molar-refractivity contribution in [3.8, 4) is 5.69 Å². The first-order valence-corrected chi connectivity index (χ1v) is 7.68. The number of hydrogen-bond acceptors (Lipinski definition) is 2. The average molecular weight is 346 g/mol. The molecule has 0 aliphatic heterocycles. The number of carbonyl (C=O) groups is 1. The fourth-order valence-electron chi connectivity index (χ4n) is 2.23. The highest BCUT2D eigenvalue weighted by Crippen LogP contribution is 2.21. The second-order valence-corrected chi connectivity index (χ2v) is 5.90. The molecule has 0 fully saturated rings. The van der Waals surface area contributed by atoms with E-state index in [1.54, 1.807) is 28.9 Å². The fraction of sp³-hybridized carbons (Fsp3) is 0.0588. The Hall–Kier alpha value is -2.30. The number of anilines is 1. The van der Waals surface area contributed by atoms with Gasteiger partial charge in [0.15, 0.2) is 0 Å². The number of nitrogens with zero attached hydrogens (tertiary/aromatic N) is 2. The van der Waals surface area contributed by atoms with E-state index in [-0.39, 0.29) is 5.91 Å². The molecule has 2 aromatic carbocycles. The highest BCUT2D eigenvalue weighted by molar-refractivity contribution is 6.35. The molecule has 1 N–H and O–H groups in total. The van der Waals surface area contributed by atoms with E-state index in [4.69, 9.17) is 23.2 Å². The van der Waals surface area contributed by atoms with E-state index >= 15 is 0 Å². The van der Waals surface area contributed by atoms with Crippen LogP contribution in [0.3, 0.4) is 0 Å². The van der Waals surface area contributed by atoms with E-state index in [1.807, 2.05) is 37.3 Å².